The summed E-state index contributed by atoms with van der Waals surface area (Å²) < 4.78 is 2.00. The van der Waals surface area contributed by atoms with Crippen LogP contribution in [0.15, 0.2) is 67.5 Å². The van der Waals surface area contributed by atoms with Gasteiger partial charge in [-0.1, -0.05) is 34.5 Å². The number of likely N-dealkylation sites (tertiary alicyclic amines) is 1. The Kier molecular flexibility index (Phi) is 8.36. The molecule has 5 heterocycles. The van der Waals surface area contributed by atoms with Crippen molar-refractivity contribution in [3.8, 4) is 6.07 Å². The van der Waals surface area contributed by atoms with E-state index in [-0.39, 0.29) is 17.6 Å². The Hall–Kier alpha value is -4.30. The van der Waals surface area contributed by atoms with Crippen molar-refractivity contribution in [2.24, 2.45) is 0 Å². The number of aromatic nitrogens is 6. The summed E-state index contributed by atoms with van der Waals surface area (Å²) in [7, 11) is 0. The highest BCUT2D eigenvalue weighted by Crippen LogP contribution is 2.37. The Morgan fingerprint density at radius 1 is 1.02 bits per heavy atom. The summed E-state index contributed by atoms with van der Waals surface area (Å²) in [6.45, 7) is 8.81. The van der Waals surface area contributed by atoms with Gasteiger partial charge < -0.3 is 10.6 Å². The first-order valence-corrected chi connectivity index (χ1v) is 15.2. The van der Waals surface area contributed by atoms with Crippen molar-refractivity contribution in [1.82, 2.24) is 34.8 Å². The Morgan fingerprint density at radius 2 is 1.84 bits per heavy atom. The van der Waals surface area contributed by atoms with Gasteiger partial charge in [-0.05, 0) is 63.4 Å². The van der Waals surface area contributed by atoms with Crippen LogP contribution >= 0.6 is 23.2 Å². The number of hydrogen-bond acceptors (Lipinski definition) is 9. The largest absolute Gasteiger partial charge is 0.373 e. The molecule has 2 N–H and O–H groups in total. The van der Waals surface area contributed by atoms with E-state index in [2.05, 4.69) is 67.6 Å². The minimum atomic E-state index is -0.360. The van der Waals surface area contributed by atoms with Crippen molar-refractivity contribution in [2.75, 3.05) is 23.7 Å². The van der Waals surface area contributed by atoms with E-state index in [4.69, 9.17) is 23.2 Å². The Labute approximate surface area is 266 Å². The first-order chi connectivity index (χ1) is 21.2. The molecule has 1 unspecified atom stereocenters. The molecule has 1 saturated heterocycles. The monoisotopic (exact) mass is 626 g/mol. The van der Waals surface area contributed by atoms with E-state index in [1.807, 2.05) is 41.3 Å². The molecule has 12 heteroatoms. The number of piperidine rings is 1. The van der Waals surface area contributed by atoms with Gasteiger partial charge >= 0.3 is 0 Å². The van der Waals surface area contributed by atoms with Gasteiger partial charge in [0.1, 0.15) is 11.8 Å². The zero-order valence-electron chi connectivity index (χ0n) is 24.7. The molecule has 1 aliphatic heterocycles. The van der Waals surface area contributed by atoms with Crippen molar-refractivity contribution in [3.05, 3.63) is 94.4 Å². The number of hydrogen-bond donors (Lipinski definition) is 2. The van der Waals surface area contributed by atoms with Gasteiger partial charge in [-0.3, -0.25) is 19.9 Å². The summed E-state index contributed by atoms with van der Waals surface area (Å²) in [4.78, 5) is 15.5. The van der Waals surface area contributed by atoms with E-state index in [0.717, 1.165) is 37.2 Å². The van der Waals surface area contributed by atoms with Crippen LogP contribution in [0.5, 0.6) is 0 Å². The first-order valence-electron chi connectivity index (χ1n) is 14.4. The zero-order chi connectivity index (χ0) is 30.8. The van der Waals surface area contributed by atoms with Gasteiger partial charge in [0.2, 0.25) is 0 Å². The Balaban J connectivity index is 1.35. The molecule has 1 aromatic carbocycles. The molecular weight excluding hydrogens is 595 g/mol. The third-order valence-electron chi connectivity index (χ3n) is 7.96. The van der Waals surface area contributed by atoms with Crippen LogP contribution in [0, 0.1) is 11.3 Å². The summed E-state index contributed by atoms with van der Waals surface area (Å²) in [5.41, 5.74) is 4.65. The normalized spacial score (nSPS) is 15.2. The molecule has 5 aromatic rings. The molecule has 6 rings (SSSR count). The van der Waals surface area contributed by atoms with Gasteiger partial charge in [-0.25, -0.2) is 4.68 Å². The number of fused-ring (bicyclic) bond motifs is 1. The minimum Gasteiger partial charge on any atom is -0.373 e. The van der Waals surface area contributed by atoms with Crippen LogP contribution in [0.4, 0.5) is 17.1 Å². The van der Waals surface area contributed by atoms with Crippen LogP contribution in [0.1, 0.15) is 62.5 Å². The quantitative estimate of drug-likeness (QED) is 0.193. The maximum absolute atomic E-state index is 9.91. The van der Waals surface area contributed by atoms with Crippen LogP contribution in [-0.2, 0) is 0 Å². The van der Waals surface area contributed by atoms with Gasteiger partial charge in [0, 0.05) is 54.5 Å². The van der Waals surface area contributed by atoms with Gasteiger partial charge in [-0.2, -0.15) is 5.26 Å². The van der Waals surface area contributed by atoms with Crippen molar-refractivity contribution >= 4 is 51.2 Å². The van der Waals surface area contributed by atoms with Crippen molar-refractivity contribution in [1.29, 1.82) is 5.26 Å². The van der Waals surface area contributed by atoms with E-state index < -0.39 is 0 Å². The predicted octanol–water partition coefficient (Wildman–Crippen LogP) is 7.18. The summed E-state index contributed by atoms with van der Waals surface area (Å²) in [5.74, 6) is 0. The Bertz CT molecular complexity index is 1820. The fourth-order valence-corrected chi connectivity index (χ4v) is 6.07. The Morgan fingerprint density at radius 3 is 2.55 bits per heavy atom. The van der Waals surface area contributed by atoms with E-state index in [1.54, 1.807) is 24.7 Å². The number of nitrogens with one attached hydrogen (secondary N) is 2. The molecule has 0 spiro atoms. The van der Waals surface area contributed by atoms with E-state index >= 15 is 0 Å². The van der Waals surface area contributed by atoms with Crippen molar-refractivity contribution < 1.29 is 0 Å². The highest BCUT2D eigenvalue weighted by molar-refractivity contribution is 6.36. The number of nitriles is 1. The van der Waals surface area contributed by atoms with E-state index in [9.17, 15) is 5.26 Å². The lowest BCUT2D eigenvalue weighted by Crippen LogP contribution is -2.46. The lowest BCUT2D eigenvalue weighted by Gasteiger charge is -2.40. The standard InChI is InChI=1S/C32H32Cl2N10/c1-32(2,3)43-9-6-25(7-10-43)44-19-28(41-42-44)30(20-5-4-8-36-15-20)39-23-12-26-29(40-24-11-22(33)17-37-18-24)21(14-35)16-38-31(26)27(34)13-23/h4-5,8,11-13,15-19,25,30,39H,6-7,9-10H2,1-3H3,(H,38,40). The summed E-state index contributed by atoms with van der Waals surface area (Å²) >= 11 is 13.0. The molecule has 0 amide bonds. The predicted molar refractivity (Wildman–Crippen MR) is 173 cm³/mol. The number of benzene rings is 1. The van der Waals surface area contributed by atoms with Crippen LogP contribution in [0.2, 0.25) is 10.0 Å². The number of halogens is 2. The number of anilines is 3. The molecule has 1 atom stereocenters. The summed E-state index contributed by atoms with van der Waals surface area (Å²) in [6, 6.07) is 11.5. The SMILES string of the molecule is CC(C)(C)N1CCC(n2cc(C(Nc3cc(Cl)c4ncc(C#N)c(Nc5cncc(Cl)c5)c4c3)c3cccnc3)nn2)CC1. The van der Waals surface area contributed by atoms with Crippen LogP contribution in [0.25, 0.3) is 10.9 Å². The third kappa shape index (κ3) is 6.31. The van der Waals surface area contributed by atoms with E-state index in [0.29, 0.717) is 43.6 Å². The maximum atomic E-state index is 9.91. The fourth-order valence-electron chi connectivity index (χ4n) is 5.63. The second kappa shape index (κ2) is 12.4. The zero-order valence-corrected chi connectivity index (χ0v) is 26.2. The average Bonchev–Trinajstić information content (AvgIpc) is 3.50. The molecule has 1 aliphatic rings. The number of pyridine rings is 3. The van der Waals surface area contributed by atoms with Gasteiger partial charge in [0.15, 0.2) is 0 Å². The number of rotatable bonds is 7. The first kappa shape index (κ1) is 29.8. The lowest BCUT2D eigenvalue weighted by atomic mass is 9.98. The molecule has 4 aromatic heterocycles. The molecule has 0 aliphatic carbocycles. The average molecular weight is 628 g/mol. The van der Waals surface area contributed by atoms with Gasteiger partial charge in [-0.15, -0.1) is 5.10 Å². The van der Waals surface area contributed by atoms with Gasteiger partial charge in [0.25, 0.3) is 0 Å². The van der Waals surface area contributed by atoms with Crippen LogP contribution in [0.3, 0.4) is 0 Å². The summed E-state index contributed by atoms with van der Waals surface area (Å²) in [5, 5.41) is 27.6. The number of nitrogens with zero attached hydrogens (tertiary/aromatic N) is 8. The van der Waals surface area contributed by atoms with Crippen LogP contribution in [-0.4, -0.2) is 53.5 Å². The minimum absolute atomic E-state index is 0.152. The van der Waals surface area contributed by atoms with E-state index in [1.165, 1.54) is 6.20 Å². The highest BCUT2D eigenvalue weighted by Gasteiger charge is 2.29. The molecular formula is C32H32Cl2N10. The van der Waals surface area contributed by atoms with Crippen LogP contribution < -0.4 is 10.6 Å². The summed E-state index contributed by atoms with van der Waals surface area (Å²) in [6.07, 6.45) is 12.3. The maximum Gasteiger partial charge on any atom is 0.110 e. The van der Waals surface area contributed by atoms with Crippen molar-refractivity contribution in [3.63, 3.8) is 0 Å². The molecule has 0 saturated carbocycles. The molecule has 1 fully saturated rings. The molecule has 10 nitrogen and oxygen atoms in total. The molecule has 224 valence electrons. The van der Waals surface area contributed by atoms with Gasteiger partial charge in [0.05, 0.1) is 57.0 Å². The fraction of sp³-hybridized carbons (Fsp3) is 0.312. The second-order valence-corrected chi connectivity index (χ2v) is 12.7. The molecule has 44 heavy (non-hydrogen) atoms. The lowest BCUT2D eigenvalue weighted by molar-refractivity contribution is 0.0866. The van der Waals surface area contributed by atoms with Crippen molar-refractivity contribution in [2.45, 2.75) is 51.2 Å². The highest BCUT2D eigenvalue weighted by atomic mass is 35.5. The topological polar surface area (TPSA) is 120 Å². The molecule has 0 bridgehead atoms. The molecule has 0 radical (unpaired) electrons. The second-order valence-electron chi connectivity index (χ2n) is 11.9. The third-order valence-corrected chi connectivity index (χ3v) is 8.45. The smallest absolute Gasteiger partial charge is 0.110 e.